The molecule has 0 saturated carbocycles. The third-order valence-electron chi connectivity index (χ3n) is 8.10. The summed E-state index contributed by atoms with van der Waals surface area (Å²) in [5, 5.41) is 22.6. The number of carbonyl (C=O) groups excluding carboxylic acids is 4. The van der Waals surface area contributed by atoms with Crippen LogP contribution in [-0.2, 0) is 25.6 Å². The van der Waals surface area contributed by atoms with Gasteiger partial charge in [0.05, 0.1) is 19.3 Å². The second kappa shape index (κ2) is 12.5. The van der Waals surface area contributed by atoms with Gasteiger partial charge in [-0.1, -0.05) is 12.1 Å². The summed E-state index contributed by atoms with van der Waals surface area (Å²) >= 11 is 0. The Morgan fingerprint density at radius 1 is 1.10 bits per heavy atom. The molecule has 4 amide bonds. The SMILES string of the molecule is COc1c(C)cc(C[C@]2(C(=O)N[C@H](C(N)=O)[C@@H](C)O)CCCN2C(=O)[C@@H]2CCCN2C(=O)[C@@H](N)[C@@H](C)O)cc1C. The number of rotatable bonds is 10. The van der Waals surface area contributed by atoms with Crippen LogP contribution in [0.5, 0.6) is 5.75 Å². The average molecular weight is 562 g/mol. The van der Waals surface area contributed by atoms with Crippen LogP contribution in [0.2, 0.25) is 0 Å². The van der Waals surface area contributed by atoms with Crippen molar-refractivity contribution in [1.82, 2.24) is 15.1 Å². The molecule has 12 nitrogen and oxygen atoms in total. The van der Waals surface area contributed by atoms with Crippen LogP contribution in [0.15, 0.2) is 12.1 Å². The minimum absolute atomic E-state index is 0.134. The number of ether oxygens (including phenoxy) is 1. The number of aliphatic hydroxyl groups excluding tert-OH is 2. The fraction of sp³-hybridized carbons (Fsp3) is 0.643. The van der Waals surface area contributed by atoms with Crippen molar-refractivity contribution in [1.29, 1.82) is 0 Å². The van der Waals surface area contributed by atoms with Crippen LogP contribution in [0.3, 0.4) is 0 Å². The van der Waals surface area contributed by atoms with Crippen molar-refractivity contribution in [2.24, 2.45) is 11.5 Å². The van der Waals surface area contributed by atoms with Crippen LogP contribution in [0.25, 0.3) is 0 Å². The van der Waals surface area contributed by atoms with Crippen molar-refractivity contribution in [3.05, 3.63) is 28.8 Å². The molecule has 2 saturated heterocycles. The quantitative estimate of drug-likeness (QED) is 0.247. The van der Waals surface area contributed by atoms with E-state index in [4.69, 9.17) is 16.2 Å². The molecule has 2 fully saturated rings. The summed E-state index contributed by atoms with van der Waals surface area (Å²) in [6.07, 6.45) is -0.429. The molecule has 6 atom stereocenters. The lowest BCUT2D eigenvalue weighted by Gasteiger charge is -2.41. The largest absolute Gasteiger partial charge is 0.496 e. The van der Waals surface area contributed by atoms with Crippen molar-refractivity contribution in [3.8, 4) is 5.75 Å². The molecule has 0 radical (unpaired) electrons. The lowest BCUT2D eigenvalue weighted by molar-refractivity contribution is -0.152. The number of carbonyl (C=O) groups is 4. The molecule has 2 aliphatic heterocycles. The maximum absolute atomic E-state index is 14.1. The summed E-state index contributed by atoms with van der Waals surface area (Å²) in [4.78, 5) is 56.2. The number of benzene rings is 1. The molecular formula is C28H43N5O7. The van der Waals surface area contributed by atoms with Crippen LogP contribution < -0.4 is 21.5 Å². The Morgan fingerprint density at radius 3 is 2.25 bits per heavy atom. The highest BCUT2D eigenvalue weighted by Crippen LogP contribution is 2.37. The Balaban J connectivity index is 2.04. The molecular weight excluding hydrogens is 518 g/mol. The summed E-state index contributed by atoms with van der Waals surface area (Å²) in [6.45, 7) is 7.13. The van der Waals surface area contributed by atoms with Gasteiger partial charge < -0.3 is 41.5 Å². The average Bonchev–Trinajstić information content (AvgIpc) is 3.53. The molecule has 2 heterocycles. The van der Waals surface area contributed by atoms with Gasteiger partial charge in [0.25, 0.3) is 0 Å². The van der Waals surface area contributed by atoms with Crippen molar-refractivity contribution < 1.29 is 34.1 Å². The van der Waals surface area contributed by atoms with Crippen LogP contribution in [0, 0.1) is 13.8 Å². The van der Waals surface area contributed by atoms with Crippen LogP contribution in [-0.4, -0.2) is 99.7 Å². The number of amides is 4. The molecule has 0 aromatic heterocycles. The molecule has 0 spiro atoms. The van der Waals surface area contributed by atoms with E-state index in [1.165, 1.54) is 23.6 Å². The number of nitrogens with two attached hydrogens (primary N) is 2. The van der Waals surface area contributed by atoms with E-state index in [1.54, 1.807) is 7.11 Å². The van der Waals surface area contributed by atoms with Gasteiger partial charge in [-0.3, -0.25) is 19.2 Å². The van der Waals surface area contributed by atoms with Crippen molar-refractivity contribution in [3.63, 3.8) is 0 Å². The number of hydrogen-bond donors (Lipinski definition) is 5. The summed E-state index contributed by atoms with van der Waals surface area (Å²) in [6, 6.07) is 0.428. The van der Waals surface area contributed by atoms with E-state index in [0.29, 0.717) is 32.2 Å². The molecule has 40 heavy (non-hydrogen) atoms. The zero-order valence-electron chi connectivity index (χ0n) is 24.0. The fourth-order valence-corrected chi connectivity index (χ4v) is 6.07. The van der Waals surface area contributed by atoms with Gasteiger partial charge in [-0.15, -0.1) is 0 Å². The Bertz CT molecular complexity index is 1120. The van der Waals surface area contributed by atoms with Gasteiger partial charge in [0.15, 0.2) is 0 Å². The number of nitrogens with one attached hydrogen (secondary N) is 1. The Labute approximate surface area is 235 Å². The van der Waals surface area contributed by atoms with E-state index in [1.807, 2.05) is 26.0 Å². The third-order valence-corrected chi connectivity index (χ3v) is 8.10. The number of primary amides is 1. The monoisotopic (exact) mass is 561 g/mol. The van der Waals surface area contributed by atoms with Gasteiger partial charge in [0.1, 0.15) is 29.4 Å². The maximum Gasteiger partial charge on any atom is 0.247 e. The number of nitrogens with zero attached hydrogens (tertiary/aromatic N) is 2. The Hall–Kier alpha value is -3.22. The molecule has 12 heteroatoms. The van der Waals surface area contributed by atoms with Crippen LogP contribution in [0.1, 0.15) is 56.2 Å². The Kier molecular flexibility index (Phi) is 9.81. The minimum Gasteiger partial charge on any atom is -0.496 e. The first-order valence-electron chi connectivity index (χ1n) is 13.7. The lowest BCUT2D eigenvalue weighted by atomic mass is 9.85. The maximum atomic E-state index is 14.1. The second-order valence-corrected chi connectivity index (χ2v) is 11.1. The van der Waals surface area contributed by atoms with Gasteiger partial charge in [0, 0.05) is 19.5 Å². The summed E-state index contributed by atoms with van der Waals surface area (Å²) in [7, 11) is 1.58. The third kappa shape index (κ3) is 6.08. The van der Waals surface area contributed by atoms with E-state index in [-0.39, 0.29) is 13.0 Å². The number of methoxy groups -OCH3 is 1. The molecule has 2 aliphatic rings. The first kappa shape index (κ1) is 31.3. The number of likely N-dealkylation sites (tertiary alicyclic amines) is 2. The first-order chi connectivity index (χ1) is 18.7. The minimum atomic E-state index is -1.41. The standard InChI is InChI=1S/C28H43N5O7/c1-15-12-19(13-16(2)23(15)40-5)14-28(27(39)31-22(18(4)35)24(30)36)9-7-11-33(28)25(37)20-8-6-10-32(20)26(38)21(29)17(3)34/h12-13,17-18,20-22,34-35H,6-11,14,29H2,1-5H3,(H2,30,36)(H,31,39)/t17-,18-,20+,21+,22+,28+/m1/s1. The van der Waals surface area contributed by atoms with Crippen molar-refractivity contribution >= 4 is 23.6 Å². The Morgan fingerprint density at radius 2 is 1.73 bits per heavy atom. The van der Waals surface area contributed by atoms with Crippen molar-refractivity contribution in [2.45, 2.75) is 95.7 Å². The van der Waals surface area contributed by atoms with E-state index in [0.717, 1.165) is 22.4 Å². The van der Waals surface area contributed by atoms with Gasteiger partial charge in [0.2, 0.25) is 23.6 Å². The van der Waals surface area contributed by atoms with Gasteiger partial charge in [-0.05, 0) is 70.1 Å². The number of aryl methyl sites for hydroxylation is 2. The molecule has 1 aromatic carbocycles. The summed E-state index contributed by atoms with van der Waals surface area (Å²) < 4.78 is 5.49. The fourth-order valence-electron chi connectivity index (χ4n) is 6.07. The van der Waals surface area contributed by atoms with E-state index in [2.05, 4.69) is 5.32 Å². The van der Waals surface area contributed by atoms with Gasteiger partial charge in [-0.2, -0.15) is 0 Å². The molecule has 0 unspecified atom stereocenters. The molecule has 1 aromatic rings. The van der Waals surface area contributed by atoms with E-state index >= 15 is 0 Å². The number of hydrogen-bond acceptors (Lipinski definition) is 8. The highest BCUT2D eigenvalue weighted by Gasteiger charge is 2.53. The zero-order valence-corrected chi connectivity index (χ0v) is 24.0. The number of aliphatic hydroxyl groups is 2. The predicted molar refractivity (Wildman–Crippen MR) is 147 cm³/mol. The highest BCUT2D eigenvalue weighted by atomic mass is 16.5. The van der Waals surface area contributed by atoms with Crippen LogP contribution >= 0.6 is 0 Å². The molecule has 0 bridgehead atoms. The van der Waals surface area contributed by atoms with E-state index < -0.39 is 59.5 Å². The smallest absolute Gasteiger partial charge is 0.247 e. The normalized spacial score (nSPS) is 23.9. The molecule has 0 aliphatic carbocycles. The first-order valence-corrected chi connectivity index (χ1v) is 13.7. The van der Waals surface area contributed by atoms with Gasteiger partial charge in [-0.25, -0.2) is 0 Å². The summed E-state index contributed by atoms with van der Waals surface area (Å²) in [5.41, 5.74) is 12.5. The second-order valence-electron chi connectivity index (χ2n) is 11.1. The molecule has 222 valence electrons. The van der Waals surface area contributed by atoms with Gasteiger partial charge >= 0.3 is 0 Å². The molecule has 7 N–H and O–H groups in total. The lowest BCUT2D eigenvalue weighted by Crippen LogP contribution is -2.65. The zero-order chi connectivity index (χ0) is 29.9. The van der Waals surface area contributed by atoms with Crippen molar-refractivity contribution in [2.75, 3.05) is 20.2 Å². The van der Waals surface area contributed by atoms with Crippen LogP contribution in [0.4, 0.5) is 0 Å². The topological polar surface area (TPSA) is 189 Å². The predicted octanol–water partition coefficient (Wildman–Crippen LogP) is -0.734. The summed E-state index contributed by atoms with van der Waals surface area (Å²) in [5.74, 6) is -1.70. The molecule has 3 rings (SSSR count). The highest BCUT2D eigenvalue weighted by molar-refractivity contribution is 5.98. The van der Waals surface area contributed by atoms with E-state index in [9.17, 15) is 29.4 Å².